The van der Waals surface area contributed by atoms with Crippen LogP contribution < -0.4 is 0 Å². The van der Waals surface area contributed by atoms with Gasteiger partial charge in [-0.25, -0.2) is 9.37 Å². The van der Waals surface area contributed by atoms with Gasteiger partial charge in [-0.1, -0.05) is 20.8 Å². The van der Waals surface area contributed by atoms with Crippen molar-refractivity contribution in [2.75, 3.05) is 7.11 Å². The van der Waals surface area contributed by atoms with Gasteiger partial charge in [0.15, 0.2) is 0 Å². The Balaban J connectivity index is 2.82. The number of halogens is 1. The van der Waals surface area contributed by atoms with Crippen LogP contribution in [0, 0.1) is 19.7 Å². The standard InChI is InChI=1S/C18H22FNO2/c1-10-11(2)20-17-14(13(10)9-16(21)22-6)7-12(8-15(17)19)18(3,4)5/h7-8H,9H2,1-6H3. The molecule has 0 radical (unpaired) electrons. The number of pyridine rings is 1. The minimum absolute atomic E-state index is 0.120. The van der Waals surface area contributed by atoms with E-state index in [1.807, 2.05) is 40.7 Å². The predicted octanol–water partition coefficient (Wildman–Crippen LogP) is 4.00. The maximum absolute atomic E-state index is 14.5. The van der Waals surface area contributed by atoms with Gasteiger partial charge < -0.3 is 4.74 Å². The fourth-order valence-corrected chi connectivity index (χ4v) is 2.49. The molecule has 118 valence electrons. The molecule has 0 bridgehead atoms. The molecule has 0 aliphatic rings. The molecule has 0 aliphatic carbocycles. The predicted molar refractivity (Wildman–Crippen MR) is 85.6 cm³/mol. The molecule has 0 N–H and O–H groups in total. The molecule has 3 nitrogen and oxygen atoms in total. The van der Waals surface area contributed by atoms with Gasteiger partial charge in [0.1, 0.15) is 11.3 Å². The van der Waals surface area contributed by atoms with Gasteiger partial charge in [-0.3, -0.25) is 4.79 Å². The average molecular weight is 303 g/mol. The first-order valence-electron chi connectivity index (χ1n) is 7.31. The molecule has 4 heteroatoms. The molecule has 1 heterocycles. The first-order valence-corrected chi connectivity index (χ1v) is 7.31. The van der Waals surface area contributed by atoms with Crippen molar-refractivity contribution in [3.05, 3.63) is 40.3 Å². The molecule has 0 fully saturated rings. The second kappa shape index (κ2) is 5.67. The molecular formula is C18H22FNO2. The van der Waals surface area contributed by atoms with E-state index in [4.69, 9.17) is 4.74 Å². The molecule has 0 atom stereocenters. The van der Waals surface area contributed by atoms with Crippen LogP contribution in [0.5, 0.6) is 0 Å². The molecule has 0 unspecified atom stereocenters. The first kappa shape index (κ1) is 16.4. The Bertz CT molecular complexity index is 745. The van der Waals surface area contributed by atoms with Gasteiger partial charge in [0.25, 0.3) is 0 Å². The molecule has 0 aliphatic heterocycles. The summed E-state index contributed by atoms with van der Waals surface area (Å²) in [6.45, 7) is 9.82. The Hall–Kier alpha value is -1.97. The van der Waals surface area contributed by atoms with Crippen LogP contribution in [-0.2, 0) is 21.4 Å². The van der Waals surface area contributed by atoms with Gasteiger partial charge in [-0.15, -0.1) is 0 Å². The van der Waals surface area contributed by atoms with E-state index in [1.54, 1.807) is 0 Å². The van der Waals surface area contributed by atoms with Crippen molar-refractivity contribution in [2.45, 2.75) is 46.5 Å². The number of benzene rings is 1. The molecular weight excluding hydrogens is 281 g/mol. The van der Waals surface area contributed by atoms with E-state index in [9.17, 15) is 9.18 Å². The Morgan fingerprint density at radius 2 is 1.91 bits per heavy atom. The lowest BCUT2D eigenvalue weighted by Crippen LogP contribution is -2.13. The van der Waals surface area contributed by atoms with Crippen LogP contribution >= 0.6 is 0 Å². The zero-order chi connectivity index (χ0) is 16.7. The van der Waals surface area contributed by atoms with E-state index >= 15 is 0 Å². The van der Waals surface area contributed by atoms with Crippen LogP contribution in [-0.4, -0.2) is 18.1 Å². The fourth-order valence-electron chi connectivity index (χ4n) is 2.49. The summed E-state index contributed by atoms with van der Waals surface area (Å²) in [5.41, 5.74) is 3.44. The van der Waals surface area contributed by atoms with Crippen molar-refractivity contribution in [2.24, 2.45) is 0 Å². The Labute approximate surface area is 130 Å². The third-order valence-corrected chi connectivity index (χ3v) is 4.08. The number of fused-ring (bicyclic) bond motifs is 1. The topological polar surface area (TPSA) is 39.2 Å². The minimum atomic E-state index is -0.350. The third kappa shape index (κ3) is 2.96. The van der Waals surface area contributed by atoms with Crippen molar-refractivity contribution in [3.63, 3.8) is 0 Å². The van der Waals surface area contributed by atoms with Gasteiger partial charge in [-0.05, 0) is 48.1 Å². The van der Waals surface area contributed by atoms with E-state index in [0.29, 0.717) is 10.9 Å². The molecule has 2 rings (SSSR count). The maximum Gasteiger partial charge on any atom is 0.310 e. The number of aryl methyl sites for hydroxylation is 1. The second-order valence-electron chi connectivity index (χ2n) is 6.66. The number of methoxy groups -OCH3 is 1. The number of hydrogen-bond donors (Lipinski definition) is 0. The fraction of sp³-hybridized carbons (Fsp3) is 0.444. The van der Waals surface area contributed by atoms with Crippen molar-refractivity contribution in [1.82, 2.24) is 4.98 Å². The van der Waals surface area contributed by atoms with Crippen molar-refractivity contribution < 1.29 is 13.9 Å². The van der Waals surface area contributed by atoms with Crippen molar-refractivity contribution >= 4 is 16.9 Å². The molecule has 0 amide bonds. The monoisotopic (exact) mass is 303 g/mol. The van der Waals surface area contributed by atoms with E-state index in [0.717, 1.165) is 22.4 Å². The molecule has 0 saturated heterocycles. The lowest BCUT2D eigenvalue weighted by Gasteiger charge is -2.21. The van der Waals surface area contributed by atoms with Gasteiger partial charge in [0, 0.05) is 11.1 Å². The number of hydrogen-bond acceptors (Lipinski definition) is 3. The largest absolute Gasteiger partial charge is 0.469 e. The van der Waals surface area contributed by atoms with Gasteiger partial charge in [0.05, 0.1) is 13.5 Å². The molecule has 22 heavy (non-hydrogen) atoms. The smallest absolute Gasteiger partial charge is 0.310 e. The zero-order valence-electron chi connectivity index (χ0n) is 14.0. The lowest BCUT2D eigenvalue weighted by molar-refractivity contribution is -0.139. The van der Waals surface area contributed by atoms with Crippen molar-refractivity contribution in [1.29, 1.82) is 0 Å². The Morgan fingerprint density at radius 3 is 2.45 bits per heavy atom. The van der Waals surface area contributed by atoms with E-state index in [2.05, 4.69) is 4.98 Å². The van der Waals surface area contributed by atoms with Crippen LogP contribution in [0.2, 0.25) is 0 Å². The zero-order valence-corrected chi connectivity index (χ0v) is 14.0. The van der Waals surface area contributed by atoms with Gasteiger partial charge >= 0.3 is 5.97 Å². The lowest BCUT2D eigenvalue weighted by atomic mass is 9.85. The first-order chi connectivity index (χ1) is 10.1. The molecule has 1 aromatic heterocycles. The number of ether oxygens (including phenoxy) is 1. The summed E-state index contributed by atoms with van der Waals surface area (Å²) in [4.78, 5) is 16.1. The van der Waals surface area contributed by atoms with Crippen LogP contribution in [0.4, 0.5) is 4.39 Å². The second-order valence-corrected chi connectivity index (χ2v) is 6.66. The van der Waals surface area contributed by atoms with Crippen LogP contribution in [0.1, 0.15) is 43.2 Å². The summed E-state index contributed by atoms with van der Waals surface area (Å²) >= 11 is 0. The number of aromatic nitrogens is 1. The number of rotatable bonds is 2. The number of carbonyl (C=O) groups excluding carboxylic acids is 1. The summed E-state index contributed by atoms with van der Waals surface area (Å²) in [7, 11) is 1.36. The highest BCUT2D eigenvalue weighted by atomic mass is 19.1. The highest BCUT2D eigenvalue weighted by molar-refractivity contribution is 5.89. The van der Waals surface area contributed by atoms with Gasteiger partial charge in [-0.2, -0.15) is 0 Å². The number of nitrogens with zero attached hydrogens (tertiary/aromatic N) is 1. The van der Waals surface area contributed by atoms with Gasteiger partial charge in [0.2, 0.25) is 0 Å². The average Bonchev–Trinajstić information content (AvgIpc) is 2.43. The Kier molecular flexibility index (Phi) is 4.23. The summed E-state index contributed by atoms with van der Waals surface area (Å²) < 4.78 is 19.3. The number of esters is 1. The quantitative estimate of drug-likeness (QED) is 0.787. The molecule has 0 saturated carbocycles. The summed E-state index contributed by atoms with van der Waals surface area (Å²) in [6.07, 6.45) is 0.120. The summed E-state index contributed by atoms with van der Waals surface area (Å²) in [5, 5.41) is 0.693. The highest BCUT2D eigenvalue weighted by Gasteiger charge is 2.20. The normalized spacial score (nSPS) is 11.8. The highest BCUT2D eigenvalue weighted by Crippen LogP contribution is 2.31. The molecule has 1 aromatic carbocycles. The molecule has 2 aromatic rings. The van der Waals surface area contributed by atoms with Crippen LogP contribution in [0.25, 0.3) is 10.9 Å². The molecule has 0 spiro atoms. The van der Waals surface area contributed by atoms with Crippen molar-refractivity contribution in [3.8, 4) is 0 Å². The Morgan fingerprint density at radius 1 is 1.27 bits per heavy atom. The maximum atomic E-state index is 14.5. The van der Waals surface area contributed by atoms with E-state index < -0.39 is 0 Å². The minimum Gasteiger partial charge on any atom is -0.469 e. The van der Waals surface area contributed by atoms with E-state index in [-0.39, 0.29) is 23.6 Å². The van der Waals surface area contributed by atoms with Crippen LogP contribution in [0.3, 0.4) is 0 Å². The summed E-state index contributed by atoms with van der Waals surface area (Å²) in [6, 6.07) is 3.47. The SMILES string of the molecule is COC(=O)Cc1c(C)c(C)nc2c(F)cc(C(C)(C)C)cc12. The number of carbonyl (C=O) groups is 1. The summed E-state index contributed by atoms with van der Waals surface area (Å²) in [5.74, 6) is -0.687. The van der Waals surface area contributed by atoms with Crippen LogP contribution in [0.15, 0.2) is 12.1 Å². The van der Waals surface area contributed by atoms with E-state index in [1.165, 1.54) is 13.2 Å². The third-order valence-electron chi connectivity index (χ3n) is 4.08.